The number of piperazine rings is 1. The van der Waals surface area contributed by atoms with E-state index in [1.54, 1.807) is 23.6 Å². The topological polar surface area (TPSA) is 92.8 Å². The molecule has 1 amide bonds. The number of amides is 1. The summed E-state index contributed by atoms with van der Waals surface area (Å²) in [6.07, 6.45) is 0.674. The lowest BCUT2D eigenvalue weighted by Crippen LogP contribution is -2.48. The molecule has 0 bridgehead atoms. The molecule has 1 aliphatic heterocycles. The summed E-state index contributed by atoms with van der Waals surface area (Å²) >= 11 is 6.41. The fourth-order valence-electron chi connectivity index (χ4n) is 5.41. The van der Waals surface area contributed by atoms with Crippen LogP contribution in [0.2, 0.25) is 5.02 Å². The van der Waals surface area contributed by atoms with Crippen molar-refractivity contribution in [2.24, 2.45) is 0 Å². The number of nitrogens with zero attached hydrogens (tertiary/aromatic N) is 6. The van der Waals surface area contributed by atoms with Crippen LogP contribution in [0.3, 0.4) is 0 Å². The number of benzene rings is 3. The van der Waals surface area contributed by atoms with E-state index in [1.165, 1.54) is 0 Å². The van der Waals surface area contributed by atoms with E-state index < -0.39 is 0 Å². The third-order valence-corrected chi connectivity index (χ3v) is 8.06. The lowest BCUT2D eigenvalue weighted by Gasteiger charge is -2.36. The first kappa shape index (κ1) is 26.7. The predicted octanol–water partition coefficient (Wildman–Crippen LogP) is 4.23. The molecule has 0 N–H and O–H groups in total. The van der Waals surface area contributed by atoms with Gasteiger partial charge in [0.2, 0.25) is 11.7 Å². The summed E-state index contributed by atoms with van der Waals surface area (Å²) in [4.78, 5) is 42.3. The summed E-state index contributed by atoms with van der Waals surface area (Å²) in [5, 5.41) is 9.92. The maximum absolute atomic E-state index is 13.5. The Bertz CT molecular complexity index is 1820. The van der Waals surface area contributed by atoms with Crippen molar-refractivity contribution >= 4 is 45.7 Å². The zero-order valence-corrected chi connectivity index (χ0v) is 23.4. The van der Waals surface area contributed by atoms with Crippen LogP contribution in [0.15, 0.2) is 77.6 Å². The monoisotopic (exact) mass is 568 g/mol. The highest BCUT2D eigenvalue weighted by molar-refractivity contribution is 6.31. The van der Waals surface area contributed by atoms with E-state index in [1.807, 2.05) is 70.0 Å². The van der Waals surface area contributed by atoms with Gasteiger partial charge < -0.3 is 9.80 Å². The summed E-state index contributed by atoms with van der Waals surface area (Å²) in [7, 11) is 0. The smallest absolute Gasteiger partial charge is 0.263 e. The minimum atomic E-state index is -0.170. The van der Waals surface area contributed by atoms with Crippen molar-refractivity contribution in [3.63, 3.8) is 0 Å². The second-order valence-electron chi connectivity index (χ2n) is 10.2. The number of aromatic nitrogens is 4. The summed E-state index contributed by atoms with van der Waals surface area (Å²) in [5.41, 5.74) is 3.09. The largest absolute Gasteiger partial charge is 0.368 e. The lowest BCUT2D eigenvalue weighted by atomic mass is 10.1. The van der Waals surface area contributed by atoms with E-state index in [-0.39, 0.29) is 30.2 Å². The minimum Gasteiger partial charge on any atom is -0.368 e. The molecule has 10 heteroatoms. The molecule has 208 valence electrons. The molecular weight excluding hydrogens is 540 g/mol. The quantitative estimate of drug-likeness (QED) is 0.273. The molecule has 9 nitrogen and oxygen atoms in total. The highest BCUT2D eigenvalue weighted by atomic mass is 35.5. The first-order valence-corrected chi connectivity index (χ1v) is 14.0. The van der Waals surface area contributed by atoms with E-state index in [4.69, 9.17) is 11.6 Å². The number of Topliss-reactive ketones (excluding diaryl/α,β-unsaturated/α-hetero) is 1. The molecule has 1 saturated heterocycles. The summed E-state index contributed by atoms with van der Waals surface area (Å²) in [5.74, 6) is 1.15. The van der Waals surface area contributed by atoms with Crippen LogP contribution in [-0.2, 0) is 17.8 Å². The van der Waals surface area contributed by atoms with E-state index >= 15 is 0 Å². The van der Waals surface area contributed by atoms with E-state index in [0.29, 0.717) is 52.6 Å². The molecule has 0 spiro atoms. The van der Waals surface area contributed by atoms with Crippen LogP contribution in [0.25, 0.3) is 16.7 Å². The molecule has 6 rings (SSSR count). The molecule has 1 aliphatic rings. The van der Waals surface area contributed by atoms with Crippen LogP contribution in [0.1, 0.15) is 35.1 Å². The Morgan fingerprint density at radius 2 is 1.59 bits per heavy atom. The number of hydrogen-bond donors (Lipinski definition) is 0. The van der Waals surface area contributed by atoms with Crippen LogP contribution in [0, 0.1) is 0 Å². The summed E-state index contributed by atoms with van der Waals surface area (Å²) < 4.78 is 3.47. The lowest BCUT2D eigenvalue weighted by molar-refractivity contribution is -0.131. The van der Waals surface area contributed by atoms with Crippen molar-refractivity contribution in [2.45, 2.75) is 26.3 Å². The molecular formula is C31H29ClN6O3. The van der Waals surface area contributed by atoms with Crippen molar-refractivity contribution in [1.29, 1.82) is 0 Å². The average Bonchev–Trinajstić information content (AvgIpc) is 3.43. The number of rotatable bonds is 7. The van der Waals surface area contributed by atoms with Gasteiger partial charge in [-0.25, -0.2) is 0 Å². The van der Waals surface area contributed by atoms with Gasteiger partial charge in [-0.3, -0.25) is 23.4 Å². The molecule has 1 fully saturated rings. The van der Waals surface area contributed by atoms with Gasteiger partial charge in [-0.2, -0.15) is 0 Å². The molecule has 0 unspecified atom stereocenters. The summed E-state index contributed by atoms with van der Waals surface area (Å²) in [6.45, 7) is 4.49. The number of ketones is 1. The van der Waals surface area contributed by atoms with Gasteiger partial charge in [0, 0.05) is 55.3 Å². The maximum Gasteiger partial charge on any atom is 0.263 e. The van der Waals surface area contributed by atoms with E-state index in [0.717, 1.165) is 24.3 Å². The fourth-order valence-corrected chi connectivity index (χ4v) is 5.61. The number of anilines is 1. The molecule has 0 aliphatic carbocycles. The second-order valence-corrected chi connectivity index (χ2v) is 10.6. The SMILES string of the molecule is CC(=O)c1ccc(N2CCN(C(=O)CCc3nnc4n(Cc5ccccc5Cl)c(=O)c5ccccc5n34)CC2)cc1. The zero-order valence-electron chi connectivity index (χ0n) is 22.7. The number of para-hydroxylation sites is 1. The van der Waals surface area contributed by atoms with Crippen LogP contribution in [0.4, 0.5) is 5.69 Å². The zero-order chi connectivity index (χ0) is 28.5. The normalized spacial score (nSPS) is 13.7. The van der Waals surface area contributed by atoms with Gasteiger partial charge in [-0.1, -0.05) is 41.9 Å². The highest BCUT2D eigenvalue weighted by Crippen LogP contribution is 2.21. The summed E-state index contributed by atoms with van der Waals surface area (Å²) in [6, 6.07) is 22.4. The molecule has 5 aromatic rings. The molecule has 2 aromatic heterocycles. The molecule has 0 atom stereocenters. The van der Waals surface area contributed by atoms with Crippen LogP contribution in [-0.4, -0.2) is 61.9 Å². The maximum atomic E-state index is 13.5. The third-order valence-electron chi connectivity index (χ3n) is 7.70. The van der Waals surface area contributed by atoms with Crippen molar-refractivity contribution in [3.8, 4) is 0 Å². The van der Waals surface area contributed by atoms with E-state index in [9.17, 15) is 14.4 Å². The van der Waals surface area contributed by atoms with Gasteiger partial charge >= 0.3 is 0 Å². The van der Waals surface area contributed by atoms with Crippen LogP contribution < -0.4 is 10.5 Å². The second kappa shape index (κ2) is 11.2. The number of halogens is 1. The number of hydrogen-bond acceptors (Lipinski definition) is 6. The van der Waals surface area contributed by atoms with Gasteiger partial charge in [0.25, 0.3) is 5.56 Å². The number of fused-ring (bicyclic) bond motifs is 3. The van der Waals surface area contributed by atoms with Crippen LogP contribution >= 0.6 is 11.6 Å². The van der Waals surface area contributed by atoms with Crippen molar-refractivity contribution in [3.05, 3.63) is 105 Å². The Morgan fingerprint density at radius 1 is 0.878 bits per heavy atom. The Hall–Kier alpha value is -4.50. The van der Waals surface area contributed by atoms with E-state index in [2.05, 4.69) is 15.1 Å². The Kier molecular flexibility index (Phi) is 7.28. The first-order valence-electron chi connectivity index (χ1n) is 13.6. The van der Waals surface area contributed by atoms with Gasteiger partial charge in [0.05, 0.1) is 17.4 Å². The molecule has 0 saturated carbocycles. The number of aryl methyl sites for hydroxylation is 1. The van der Waals surface area contributed by atoms with Gasteiger partial charge in [0.15, 0.2) is 5.78 Å². The standard InChI is InChI=1S/C31H29ClN6O3/c1-21(39)22-10-12-24(13-11-22)35-16-18-36(19-17-35)29(40)15-14-28-33-34-31-37(20-23-6-2-4-8-26(23)32)30(41)25-7-3-5-9-27(25)38(28)31/h2-13H,14-20H2,1H3. The number of carbonyl (C=O) groups excluding carboxylic acids is 2. The molecule has 0 radical (unpaired) electrons. The van der Waals surface area contributed by atoms with Gasteiger partial charge in [-0.05, 0) is 55.0 Å². The third kappa shape index (κ3) is 5.20. The Labute approximate surface area is 241 Å². The molecule has 3 aromatic carbocycles. The predicted molar refractivity (Wildman–Crippen MR) is 159 cm³/mol. The van der Waals surface area contributed by atoms with Gasteiger partial charge in [-0.15, -0.1) is 10.2 Å². The van der Waals surface area contributed by atoms with Gasteiger partial charge in [0.1, 0.15) is 5.82 Å². The van der Waals surface area contributed by atoms with Crippen molar-refractivity contribution in [2.75, 3.05) is 31.1 Å². The number of carbonyl (C=O) groups is 2. The molecule has 3 heterocycles. The van der Waals surface area contributed by atoms with Crippen LogP contribution in [0.5, 0.6) is 0 Å². The van der Waals surface area contributed by atoms with Crippen molar-refractivity contribution < 1.29 is 9.59 Å². The highest BCUT2D eigenvalue weighted by Gasteiger charge is 2.23. The Morgan fingerprint density at radius 3 is 2.32 bits per heavy atom. The average molecular weight is 569 g/mol. The first-order chi connectivity index (χ1) is 19.9. The fraction of sp³-hybridized carbons (Fsp3) is 0.258. The minimum absolute atomic E-state index is 0.0456. The molecule has 41 heavy (non-hydrogen) atoms. The Balaban J connectivity index is 1.19. The van der Waals surface area contributed by atoms with Crippen molar-refractivity contribution in [1.82, 2.24) is 24.1 Å².